The SMILES string of the molecule is CCO.COc1ccc2c(c1C)OC(C)(C)CC2=O. The Balaban J connectivity index is 0.000000550. The van der Waals surface area contributed by atoms with Crippen molar-refractivity contribution in [2.45, 2.75) is 39.7 Å². The van der Waals surface area contributed by atoms with Gasteiger partial charge in [-0.1, -0.05) is 0 Å². The number of ketones is 1. The topological polar surface area (TPSA) is 55.8 Å². The van der Waals surface area contributed by atoms with Crippen molar-refractivity contribution in [3.8, 4) is 11.5 Å². The number of carbonyl (C=O) groups is 1. The summed E-state index contributed by atoms with van der Waals surface area (Å²) in [7, 11) is 1.62. The standard InChI is InChI=1S/C13H16O3.C2H6O/c1-8-11(15-4)6-5-9-10(14)7-13(2,3)16-12(8)9;1-2-3/h5-6H,7H2,1-4H3;3H,2H2,1H3. The molecule has 0 aromatic heterocycles. The minimum atomic E-state index is -0.429. The van der Waals surface area contributed by atoms with E-state index in [2.05, 4.69) is 0 Å². The first-order valence-electron chi connectivity index (χ1n) is 6.37. The fraction of sp³-hybridized carbons (Fsp3) is 0.533. The number of rotatable bonds is 1. The average Bonchev–Trinajstić information content (AvgIpc) is 2.30. The highest BCUT2D eigenvalue weighted by Gasteiger charge is 2.33. The molecule has 4 heteroatoms. The highest BCUT2D eigenvalue weighted by atomic mass is 16.5. The molecule has 4 nitrogen and oxygen atoms in total. The third-order valence-electron chi connectivity index (χ3n) is 2.84. The third-order valence-corrected chi connectivity index (χ3v) is 2.84. The van der Waals surface area contributed by atoms with E-state index in [1.807, 2.05) is 26.8 Å². The molecule has 0 saturated carbocycles. The summed E-state index contributed by atoms with van der Waals surface area (Å²) in [6.45, 7) is 7.69. The number of aliphatic hydroxyl groups excluding tert-OH is 1. The molecule has 0 amide bonds. The van der Waals surface area contributed by atoms with Crippen LogP contribution in [0.1, 0.15) is 43.1 Å². The summed E-state index contributed by atoms with van der Waals surface area (Å²) in [4.78, 5) is 11.9. The largest absolute Gasteiger partial charge is 0.496 e. The fourth-order valence-corrected chi connectivity index (χ4v) is 2.04. The van der Waals surface area contributed by atoms with Crippen molar-refractivity contribution < 1.29 is 19.4 Å². The number of hydrogen-bond donors (Lipinski definition) is 1. The summed E-state index contributed by atoms with van der Waals surface area (Å²) in [6, 6.07) is 3.59. The summed E-state index contributed by atoms with van der Waals surface area (Å²) < 4.78 is 11.1. The summed E-state index contributed by atoms with van der Waals surface area (Å²) in [5.41, 5.74) is 1.13. The van der Waals surface area contributed by atoms with E-state index in [0.717, 1.165) is 11.3 Å². The molecule has 0 aliphatic carbocycles. The van der Waals surface area contributed by atoms with Gasteiger partial charge in [-0.25, -0.2) is 0 Å². The summed E-state index contributed by atoms with van der Waals surface area (Å²) in [5, 5.41) is 7.57. The van der Waals surface area contributed by atoms with Crippen molar-refractivity contribution in [3.63, 3.8) is 0 Å². The Labute approximate surface area is 114 Å². The highest BCUT2D eigenvalue weighted by Crippen LogP contribution is 2.39. The molecule has 0 bridgehead atoms. The van der Waals surface area contributed by atoms with Gasteiger partial charge in [0.2, 0.25) is 0 Å². The van der Waals surface area contributed by atoms with Crippen LogP contribution in [-0.4, -0.2) is 30.2 Å². The lowest BCUT2D eigenvalue weighted by Gasteiger charge is -2.32. The second-order valence-electron chi connectivity index (χ2n) is 5.05. The molecule has 0 radical (unpaired) electrons. The predicted molar refractivity (Wildman–Crippen MR) is 74.1 cm³/mol. The second-order valence-corrected chi connectivity index (χ2v) is 5.05. The molecule has 106 valence electrons. The third kappa shape index (κ3) is 3.47. The van der Waals surface area contributed by atoms with Crippen LogP contribution in [-0.2, 0) is 0 Å². The lowest BCUT2D eigenvalue weighted by Crippen LogP contribution is -2.36. The summed E-state index contributed by atoms with van der Waals surface area (Å²) in [6.07, 6.45) is 0.422. The van der Waals surface area contributed by atoms with E-state index in [1.54, 1.807) is 20.1 Å². The minimum Gasteiger partial charge on any atom is -0.496 e. The van der Waals surface area contributed by atoms with E-state index in [4.69, 9.17) is 14.6 Å². The molecule has 0 fully saturated rings. The Morgan fingerprint density at radius 3 is 2.53 bits per heavy atom. The van der Waals surface area contributed by atoms with E-state index in [-0.39, 0.29) is 12.4 Å². The Morgan fingerprint density at radius 2 is 2.00 bits per heavy atom. The van der Waals surface area contributed by atoms with Gasteiger partial charge in [-0.15, -0.1) is 0 Å². The van der Waals surface area contributed by atoms with E-state index in [0.29, 0.717) is 17.7 Å². The molecule has 1 heterocycles. The van der Waals surface area contributed by atoms with Crippen molar-refractivity contribution in [2.24, 2.45) is 0 Å². The zero-order valence-corrected chi connectivity index (χ0v) is 12.2. The number of hydrogen-bond acceptors (Lipinski definition) is 4. The Hall–Kier alpha value is -1.55. The summed E-state index contributed by atoms with van der Waals surface area (Å²) >= 11 is 0. The first kappa shape index (κ1) is 15.5. The molecule has 19 heavy (non-hydrogen) atoms. The smallest absolute Gasteiger partial charge is 0.170 e. The molecule has 1 aromatic rings. The number of carbonyl (C=O) groups excluding carboxylic acids is 1. The molecule has 1 aromatic carbocycles. The highest BCUT2D eigenvalue weighted by molar-refractivity contribution is 6.01. The first-order chi connectivity index (χ1) is 8.86. The van der Waals surface area contributed by atoms with E-state index in [1.165, 1.54) is 0 Å². The van der Waals surface area contributed by atoms with Crippen LogP contribution in [0.25, 0.3) is 0 Å². The molecule has 1 aliphatic heterocycles. The van der Waals surface area contributed by atoms with Crippen LogP contribution >= 0.6 is 0 Å². The quantitative estimate of drug-likeness (QED) is 0.849. The van der Waals surface area contributed by atoms with Gasteiger partial charge in [-0.3, -0.25) is 4.79 Å². The number of Topliss-reactive ketones (excluding diaryl/α,β-unsaturated/α-hetero) is 1. The molecule has 0 spiro atoms. The van der Waals surface area contributed by atoms with Crippen LogP contribution in [0.5, 0.6) is 11.5 Å². The number of aliphatic hydroxyl groups is 1. The number of fused-ring (bicyclic) bond motifs is 1. The van der Waals surface area contributed by atoms with Crippen LogP contribution in [0.15, 0.2) is 12.1 Å². The van der Waals surface area contributed by atoms with Crippen LogP contribution in [0.2, 0.25) is 0 Å². The Kier molecular flexibility index (Phi) is 4.95. The zero-order valence-electron chi connectivity index (χ0n) is 12.2. The van der Waals surface area contributed by atoms with Gasteiger partial charge in [-0.05, 0) is 39.8 Å². The predicted octanol–water partition coefficient (Wildman–Crippen LogP) is 2.75. The molecule has 0 unspecified atom stereocenters. The monoisotopic (exact) mass is 266 g/mol. The van der Waals surface area contributed by atoms with Gasteiger partial charge in [0.15, 0.2) is 5.78 Å². The average molecular weight is 266 g/mol. The van der Waals surface area contributed by atoms with Crippen LogP contribution in [0.3, 0.4) is 0 Å². The van der Waals surface area contributed by atoms with Crippen LogP contribution in [0, 0.1) is 6.92 Å². The minimum absolute atomic E-state index is 0.136. The number of methoxy groups -OCH3 is 1. The normalized spacial score (nSPS) is 15.8. The van der Waals surface area contributed by atoms with Gasteiger partial charge in [0.05, 0.1) is 19.1 Å². The fourth-order valence-electron chi connectivity index (χ4n) is 2.04. The maximum absolute atomic E-state index is 11.9. The van der Waals surface area contributed by atoms with E-state index >= 15 is 0 Å². The van der Waals surface area contributed by atoms with Crippen molar-refractivity contribution in [1.29, 1.82) is 0 Å². The van der Waals surface area contributed by atoms with Gasteiger partial charge >= 0.3 is 0 Å². The van der Waals surface area contributed by atoms with E-state index < -0.39 is 5.60 Å². The van der Waals surface area contributed by atoms with Crippen molar-refractivity contribution in [3.05, 3.63) is 23.3 Å². The van der Waals surface area contributed by atoms with Gasteiger partial charge in [0.25, 0.3) is 0 Å². The zero-order chi connectivity index (χ0) is 14.6. The van der Waals surface area contributed by atoms with Crippen LogP contribution in [0.4, 0.5) is 0 Å². The first-order valence-corrected chi connectivity index (χ1v) is 6.37. The van der Waals surface area contributed by atoms with Gasteiger partial charge in [-0.2, -0.15) is 0 Å². The molecule has 0 saturated heterocycles. The molecular formula is C15H22O4. The lowest BCUT2D eigenvalue weighted by molar-refractivity contribution is 0.0614. The van der Waals surface area contributed by atoms with Gasteiger partial charge < -0.3 is 14.6 Å². The lowest BCUT2D eigenvalue weighted by atomic mass is 9.91. The molecule has 0 atom stereocenters. The molecule has 1 N–H and O–H groups in total. The maximum atomic E-state index is 11.9. The second kappa shape index (κ2) is 6.06. The number of ether oxygens (including phenoxy) is 2. The molecule has 2 rings (SSSR count). The van der Waals surface area contributed by atoms with E-state index in [9.17, 15) is 4.79 Å². The van der Waals surface area contributed by atoms with Crippen molar-refractivity contribution in [1.82, 2.24) is 0 Å². The maximum Gasteiger partial charge on any atom is 0.170 e. The van der Waals surface area contributed by atoms with Crippen molar-refractivity contribution in [2.75, 3.05) is 13.7 Å². The van der Waals surface area contributed by atoms with Gasteiger partial charge in [0, 0.05) is 12.2 Å². The Morgan fingerprint density at radius 1 is 1.42 bits per heavy atom. The molecule has 1 aliphatic rings. The number of benzene rings is 1. The van der Waals surface area contributed by atoms with Gasteiger partial charge in [0.1, 0.15) is 17.1 Å². The molecular weight excluding hydrogens is 244 g/mol. The van der Waals surface area contributed by atoms with Crippen LogP contribution < -0.4 is 9.47 Å². The summed E-state index contributed by atoms with van der Waals surface area (Å²) in [5.74, 6) is 1.56. The Bertz CT molecular complexity index is 463. The van der Waals surface area contributed by atoms with Crippen molar-refractivity contribution >= 4 is 5.78 Å².